The van der Waals surface area contributed by atoms with Crippen molar-refractivity contribution in [2.24, 2.45) is 0 Å². The van der Waals surface area contributed by atoms with Gasteiger partial charge in [0, 0.05) is 0 Å². The first-order valence-electron chi connectivity index (χ1n) is 5.05. The van der Waals surface area contributed by atoms with E-state index in [1.807, 2.05) is 0 Å². The summed E-state index contributed by atoms with van der Waals surface area (Å²) in [6, 6.07) is 0. The Morgan fingerprint density at radius 3 is 1.50 bits per heavy atom. The maximum absolute atomic E-state index is 2.56. The van der Waals surface area contributed by atoms with Crippen molar-refractivity contribution in [3.8, 4) is 0 Å². The summed E-state index contributed by atoms with van der Waals surface area (Å²) in [5.41, 5.74) is 2.56. The van der Waals surface area contributed by atoms with Crippen LogP contribution in [-0.4, -0.2) is 0 Å². The zero-order valence-electron chi connectivity index (χ0n) is 8.83. The molecule has 0 heterocycles. The molecule has 0 amide bonds. The van der Waals surface area contributed by atoms with Crippen molar-refractivity contribution in [2.45, 2.75) is 26.5 Å². The van der Waals surface area contributed by atoms with Crippen molar-refractivity contribution in [2.75, 3.05) is 0 Å². The van der Waals surface area contributed by atoms with Gasteiger partial charge >= 0.3 is 89.9 Å². The van der Waals surface area contributed by atoms with Crippen LogP contribution in [0.25, 0.3) is 0 Å². The Labute approximate surface area is 89.9 Å². The number of hydrogen-bond acceptors (Lipinski definition) is 0. The summed E-state index contributed by atoms with van der Waals surface area (Å²) in [6.45, 7) is 2.37. The van der Waals surface area contributed by atoms with E-state index in [9.17, 15) is 0 Å². The molecule has 0 nitrogen and oxygen atoms in total. The van der Waals surface area contributed by atoms with Gasteiger partial charge in [-0.15, -0.1) is 0 Å². The molecule has 0 aromatic heterocycles. The fourth-order valence-electron chi connectivity index (χ4n) is 1.91. The Balaban J connectivity index is 2.24. The first-order chi connectivity index (χ1) is 6.77. The Morgan fingerprint density at radius 2 is 1.21 bits per heavy atom. The predicted octanol–water partition coefficient (Wildman–Crippen LogP) is 4.46. The van der Waals surface area contributed by atoms with E-state index in [0.29, 0.717) is 0 Å². The number of rotatable bonds is 3. The molecule has 0 aromatic carbocycles. The maximum atomic E-state index is 2.56. The zero-order chi connectivity index (χ0) is 10.0. The first-order valence-corrected chi connectivity index (χ1v) is 10.0. The van der Waals surface area contributed by atoms with E-state index in [1.54, 1.807) is 0 Å². The summed E-state index contributed by atoms with van der Waals surface area (Å²) in [5.74, 6) is 0. The fourth-order valence-corrected chi connectivity index (χ4v) is 8.15. The fraction of sp³-hybridized carbons (Fsp3) is 0.385. The van der Waals surface area contributed by atoms with Crippen molar-refractivity contribution in [1.82, 2.24) is 0 Å². The van der Waals surface area contributed by atoms with Crippen LogP contribution in [0.5, 0.6) is 0 Å². The van der Waals surface area contributed by atoms with Gasteiger partial charge in [-0.3, -0.25) is 0 Å². The van der Waals surface area contributed by atoms with Crippen LogP contribution in [0.2, 0.25) is 19.6 Å². The Morgan fingerprint density at radius 1 is 0.857 bits per heavy atom. The second kappa shape index (κ2) is 3.99. The van der Waals surface area contributed by atoms with Gasteiger partial charge in [0.15, 0.2) is 0 Å². The number of allylic oxidation sites excluding steroid dienone is 8. The van der Waals surface area contributed by atoms with Gasteiger partial charge in [0.25, 0.3) is 0 Å². The third-order valence-electron chi connectivity index (χ3n) is 3.00. The van der Waals surface area contributed by atoms with Crippen LogP contribution in [0.15, 0.2) is 48.6 Å². The van der Waals surface area contributed by atoms with Crippen LogP contribution in [0.4, 0.5) is 0 Å². The van der Waals surface area contributed by atoms with Crippen molar-refractivity contribution in [3.63, 3.8) is 0 Å². The quantitative estimate of drug-likeness (QED) is 0.667. The summed E-state index contributed by atoms with van der Waals surface area (Å²) in [7, 11) is 0. The summed E-state index contributed by atoms with van der Waals surface area (Å²) < 4.78 is 1.54. The van der Waals surface area contributed by atoms with Gasteiger partial charge in [-0.25, -0.2) is 0 Å². The molecular weight excluding hydrogens is 257 g/mol. The molecule has 2 aliphatic rings. The summed E-state index contributed by atoms with van der Waals surface area (Å²) >= 11 is -1.55. The second-order valence-corrected chi connectivity index (χ2v) is 12.5. The van der Waals surface area contributed by atoms with E-state index in [4.69, 9.17) is 0 Å². The number of hydrogen-bond donors (Lipinski definition) is 0. The van der Waals surface area contributed by atoms with Crippen molar-refractivity contribution in [3.05, 3.63) is 48.6 Å². The van der Waals surface area contributed by atoms with Gasteiger partial charge in [-0.05, 0) is 0 Å². The Kier molecular flexibility index (Phi) is 2.88. The normalized spacial score (nSPS) is 22.7. The van der Waals surface area contributed by atoms with Crippen LogP contribution in [0, 0.1) is 0 Å². The van der Waals surface area contributed by atoms with E-state index in [1.165, 1.54) is 5.02 Å². The van der Waals surface area contributed by atoms with Crippen molar-refractivity contribution < 1.29 is 14.8 Å². The van der Waals surface area contributed by atoms with Crippen LogP contribution in [-0.2, 0) is 14.8 Å². The van der Waals surface area contributed by atoms with Crippen molar-refractivity contribution >= 4 is 0 Å². The Bertz CT molecular complexity index is 268. The molecule has 14 heavy (non-hydrogen) atoms. The molecule has 0 saturated heterocycles. The standard InChI is InChI=1S/2C5H5.C2H5.CH3.Ru/c2*1-2-4-5-3-1;1-2;;/h2*1-5H;1H2,2H3;1H3;. The molecule has 0 aliphatic heterocycles. The van der Waals surface area contributed by atoms with E-state index in [-0.39, 0.29) is 0 Å². The predicted molar refractivity (Wildman–Crippen MR) is 60.4 cm³/mol. The molecular formula is C13H18Ru. The molecule has 0 spiro atoms. The van der Waals surface area contributed by atoms with Gasteiger partial charge in [0.2, 0.25) is 0 Å². The third kappa shape index (κ3) is 1.59. The van der Waals surface area contributed by atoms with E-state index in [2.05, 4.69) is 61.0 Å². The van der Waals surface area contributed by atoms with Gasteiger partial charge in [0.1, 0.15) is 0 Å². The van der Waals surface area contributed by atoms with Crippen molar-refractivity contribution in [1.29, 1.82) is 0 Å². The summed E-state index contributed by atoms with van der Waals surface area (Å²) in [4.78, 5) is 0. The minimum atomic E-state index is -1.55. The Hall–Kier alpha value is -0.417. The molecule has 0 radical (unpaired) electrons. The van der Waals surface area contributed by atoms with Gasteiger partial charge in [-0.2, -0.15) is 0 Å². The molecule has 0 N–H and O–H groups in total. The van der Waals surface area contributed by atoms with Crippen LogP contribution in [0.3, 0.4) is 0 Å². The molecule has 0 atom stereocenters. The second-order valence-electron chi connectivity index (χ2n) is 3.71. The average Bonchev–Trinajstić information content (AvgIpc) is 2.88. The van der Waals surface area contributed by atoms with Crippen LogP contribution < -0.4 is 0 Å². The van der Waals surface area contributed by atoms with Crippen LogP contribution >= 0.6 is 0 Å². The molecule has 0 unspecified atom stereocenters. The molecule has 0 saturated carbocycles. The molecule has 0 bridgehead atoms. The van der Waals surface area contributed by atoms with Gasteiger partial charge in [-0.1, -0.05) is 0 Å². The molecule has 2 rings (SSSR count). The topological polar surface area (TPSA) is 0 Å². The van der Waals surface area contributed by atoms with E-state index in [0.717, 1.165) is 9.02 Å². The van der Waals surface area contributed by atoms with E-state index < -0.39 is 14.8 Å². The molecule has 1 heteroatoms. The molecule has 78 valence electrons. The van der Waals surface area contributed by atoms with E-state index >= 15 is 0 Å². The summed E-state index contributed by atoms with van der Waals surface area (Å²) in [5, 5.41) is 1.38. The molecule has 2 aliphatic carbocycles. The first kappa shape index (κ1) is 10.1. The average molecular weight is 275 g/mol. The van der Waals surface area contributed by atoms with Gasteiger partial charge < -0.3 is 0 Å². The SMILES string of the molecule is C[CH2][Ru]([CH3])([CH]1C=CC=C1)[CH]1C=CC=C1. The third-order valence-corrected chi connectivity index (χ3v) is 12.3. The molecule has 0 fully saturated rings. The minimum absolute atomic E-state index is 0.772. The van der Waals surface area contributed by atoms with Gasteiger partial charge in [0.05, 0.1) is 0 Å². The zero-order valence-corrected chi connectivity index (χ0v) is 10.6. The molecule has 0 aromatic rings. The monoisotopic (exact) mass is 276 g/mol. The van der Waals surface area contributed by atoms with Crippen LogP contribution in [0.1, 0.15) is 6.92 Å². The summed E-state index contributed by atoms with van der Waals surface area (Å²) in [6.07, 6.45) is 18.4.